The number of ether oxygens (including phenoxy) is 1. The van der Waals surface area contributed by atoms with Gasteiger partial charge in [0.25, 0.3) is 5.91 Å². The molecule has 0 saturated carbocycles. The highest BCUT2D eigenvalue weighted by molar-refractivity contribution is 6.30. The Hall–Kier alpha value is -2.24. The first-order valence-corrected chi connectivity index (χ1v) is 9.59. The number of hydrogen-bond donors (Lipinski definition) is 2. The summed E-state index contributed by atoms with van der Waals surface area (Å²) in [5, 5.41) is 13.5. The molecule has 0 aromatic heterocycles. The van der Waals surface area contributed by atoms with Gasteiger partial charge in [-0.1, -0.05) is 11.6 Å². The highest BCUT2D eigenvalue weighted by Gasteiger charge is 2.18. The molecule has 0 aliphatic carbocycles. The monoisotopic (exact) mass is 388 g/mol. The lowest BCUT2D eigenvalue weighted by Crippen LogP contribution is -2.32. The van der Waals surface area contributed by atoms with Crippen LogP contribution in [-0.4, -0.2) is 42.7 Å². The quantitative estimate of drug-likeness (QED) is 0.711. The molecule has 1 heterocycles. The molecule has 2 aromatic carbocycles. The second-order valence-electron chi connectivity index (χ2n) is 6.79. The summed E-state index contributed by atoms with van der Waals surface area (Å²) >= 11 is 5.83. The van der Waals surface area contributed by atoms with Crippen LogP contribution >= 0.6 is 11.6 Å². The molecule has 1 aliphatic heterocycles. The van der Waals surface area contributed by atoms with Gasteiger partial charge in [0, 0.05) is 30.2 Å². The zero-order chi connectivity index (χ0) is 19.2. The minimum Gasteiger partial charge on any atom is -0.504 e. The Bertz CT molecular complexity index is 793. The van der Waals surface area contributed by atoms with E-state index < -0.39 is 0 Å². The van der Waals surface area contributed by atoms with Gasteiger partial charge < -0.3 is 15.2 Å². The van der Waals surface area contributed by atoms with E-state index in [1.54, 1.807) is 31.4 Å². The molecule has 144 valence electrons. The third kappa shape index (κ3) is 5.15. The topological polar surface area (TPSA) is 61.8 Å². The van der Waals surface area contributed by atoms with Gasteiger partial charge in [-0.15, -0.1) is 0 Å². The number of amides is 1. The SMILES string of the molecule is COc1cc2c(cc1O)CN(CCCCNC(=O)c1ccc(Cl)cc1)CC2. The predicted molar refractivity (Wildman–Crippen MR) is 107 cm³/mol. The summed E-state index contributed by atoms with van der Waals surface area (Å²) in [5.41, 5.74) is 3.04. The van der Waals surface area contributed by atoms with E-state index in [-0.39, 0.29) is 11.7 Å². The molecule has 2 aromatic rings. The van der Waals surface area contributed by atoms with Gasteiger partial charge in [-0.3, -0.25) is 9.69 Å². The zero-order valence-electron chi connectivity index (χ0n) is 15.5. The molecule has 5 nitrogen and oxygen atoms in total. The number of methoxy groups -OCH3 is 1. The van der Waals surface area contributed by atoms with Gasteiger partial charge in [0.15, 0.2) is 11.5 Å². The van der Waals surface area contributed by atoms with Gasteiger partial charge in [-0.05, 0) is 73.3 Å². The number of phenols is 1. The number of halogens is 1. The second-order valence-corrected chi connectivity index (χ2v) is 7.23. The standard InChI is InChI=1S/C21H25ClN2O3/c1-27-20-13-16-8-11-24(14-17(16)12-19(20)25)10-3-2-9-23-21(26)15-4-6-18(22)7-5-15/h4-7,12-13,25H,2-3,8-11,14H2,1H3,(H,23,26). The summed E-state index contributed by atoms with van der Waals surface area (Å²) < 4.78 is 5.18. The average molecular weight is 389 g/mol. The van der Waals surface area contributed by atoms with Crippen LogP contribution in [0.5, 0.6) is 11.5 Å². The van der Waals surface area contributed by atoms with Crippen molar-refractivity contribution in [2.45, 2.75) is 25.8 Å². The fourth-order valence-corrected chi connectivity index (χ4v) is 3.48. The van der Waals surface area contributed by atoms with Crippen LogP contribution in [0.3, 0.4) is 0 Å². The molecule has 1 aliphatic rings. The number of benzene rings is 2. The van der Waals surface area contributed by atoms with Crippen LogP contribution in [0, 0.1) is 0 Å². The summed E-state index contributed by atoms with van der Waals surface area (Å²) in [6, 6.07) is 10.7. The number of nitrogens with one attached hydrogen (secondary N) is 1. The maximum Gasteiger partial charge on any atom is 0.251 e. The maximum atomic E-state index is 12.0. The fourth-order valence-electron chi connectivity index (χ4n) is 3.35. The minimum atomic E-state index is -0.0667. The van der Waals surface area contributed by atoms with E-state index in [1.807, 2.05) is 12.1 Å². The molecular formula is C21H25ClN2O3. The first kappa shape index (κ1) is 19.5. The van der Waals surface area contributed by atoms with E-state index in [4.69, 9.17) is 16.3 Å². The molecule has 3 rings (SSSR count). The van der Waals surface area contributed by atoms with E-state index >= 15 is 0 Å². The summed E-state index contributed by atoms with van der Waals surface area (Å²) in [6.07, 6.45) is 2.90. The van der Waals surface area contributed by atoms with Gasteiger partial charge in [-0.25, -0.2) is 0 Å². The number of rotatable bonds is 7. The van der Waals surface area contributed by atoms with Crippen LogP contribution in [0.15, 0.2) is 36.4 Å². The van der Waals surface area contributed by atoms with Crippen molar-refractivity contribution in [1.82, 2.24) is 10.2 Å². The van der Waals surface area contributed by atoms with Crippen LogP contribution in [0.1, 0.15) is 34.3 Å². The Balaban J connectivity index is 1.39. The number of aromatic hydroxyl groups is 1. The van der Waals surface area contributed by atoms with Crippen LogP contribution in [-0.2, 0) is 13.0 Å². The second kappa shape index (κ2) is 9.11. The minimum absolute atomic E-state index is 0.0667. The van der Waals surface area contributed by atoms with Crippen LogP contribution in [0.25, 0.3) is 0 Å². The number of nitrogens with zero attached hydrogens (tertiary/aromatic N) is 1. The molecular weight excluding hydrogens is 364 g/mol. The number of unbranched alkanes of at least 4 members (excludes halogenated alkanes) is 1. The van der Waals surface area contributed by atoms with E-state index in [0.717, 1.165) is 44.5 Å². The third-order valence-corrected chi connectivity index (χ3v) is 5.14. The highest BCUT2D eigenvalue weighted by atomic mass is 35.5. The molecule has 0 bridgehead atoms. The Morgan fingerprint density at radius 1 is 1.22 bits per heavy atom. The number of carbonyl (C=O) groups excluding carboxylic acids is 1. The van der Waals surface area contributed by atoms with Gasteiger partial charge >= 0.3 is 0 Å². The molecule has 27 heavy (non-hydrogen) atoms. The molecule has 0 unspecified atom stereocenters. The summed E-state index contributed by atoms with van der Waals surface area (Å²) in [6.45, 7) is 3.47. The average Bonchev–Trinajstić information content (AvgIpc) is 2.67. The van der Waals surface area contributed by atoms with Gasteiger partial charge in [0.1, 0.15) is 0 Å². The van der Waals surface area contributed by atoms with E-state index in [2.05, 4.69) is 10.2 Å². The Kier molecular flexibility index (Phi) is 6.58. The summed E-state index contributed by atoms with van der Waals surface area (Å²) in [5.74, 6) is 0.671. The maximum absolute atomic E-state index is 12.0. The molecule has 0 radical (unpaired) electrons. The molecule has 2 N–H and O–H groups in total. The number of hydrogen-bond acceptors (Lipinski definition) is 4. The van der Waals surface area contributed by atoms with Crippen molar-refractivity contribution in [2.24, 2.45) is 0 Å². The van der Waals surface area contributed by atoms with Crippen LogP contribution in [0.4, 0.5) is 0 Å². The third-order valence-electron chi connectivity index (χ3n) is 4.89. The lowest BCUT2D eigenvalue weighted by Gasteiger charge is -2.29. The van der Waals surface area contributed by atoms with E-state index in [0.29, 0.717) is 22.9 Å². The van der Waals surface area contributed by atoms with Crippen molar-refractivity contribution in [1.29, 1.82) is 0 Å². The smallest absolute Gasteiger partial charge is 0.251 e. The molecule has 1 amide bonds. The summed E-state index contributed by atoms with van der Waals surface area (Å²) in [7, 11) is 1.57. The zero-order valence-corrected chi connectivity index (χ0v) is 16.3. The normalized spacial score (nSPS) is 13.9. The van der Waals surface area contributed by atoms with Crippen LogP contribution < -0.4 is 10.1 Å². The Labute approximate surface area is 164 Å². The van der Waals surface area contributed by atoms with Gasteiger partial charge in [-0.2, -0.15) is 0 Å². The first-order valence-electron chi connectivity index (χ1n) is 9.21. The Morgan fingerprint density at radius 3 is 2.74 bits per heavy atom. The predicted octanol–water partition coefficient (Wildman–Crippen LogP) is 3.62. The van der Waals surface area contributed by atoms with E-state index in [1.165, 1.54) is 5.56 Å². The van der Waals surface area contributed by atoms with Crippen molar-refractivity contribution in [3.63, 3.8) is 0 Å². The fraction of sp³-hybridized carbons (Fsp3) is 0.381. The summed E-state index contributed by atoms with van der Waals surface area (Å²) in [4.78, 5) is 14.4. The molecule has 6 heteroatoms. The first-order chi connectivity index (χ1) is 13.1. The van der Waals surface area contributed by atoms with Crippen LogP contribution in [0.2, 0.25) is 5.02 Å². The Morgan fingerprint density at radius 2 is 2.00 bits per heavy atom. The lowest BCUT2D eigenvalue weighted by molar-refractivity contribution is 0.0952. The number of fused-ring (bicyclic) bond motifs is 1. The highest BCUT2D eigenvalue weighted by Crippen LogP contribution is 2.32. The van der Waals surface area contributed by atoms with Crippen molar-refractivity contribution in [3.8, 4) is 11.5 Å². The molecule has 0 fully saturated rings. The number of phenolic OH excluding ortho intramolecular Hbond substituents is 1. The molecule has 0 saturated heterocycles. The van der Waals surface area contributed by atoms with Gasteiger partial charge in [0.05, 0.1) is 7.11 Å². The van der Waals surface area contributed by atoms with Crippen molar-refractivity contribution in [2.75, 3.05) is 26.7 Å². The van der Waals surface area contributed by atoms with Crippen molar-refractivity contribution >= 4 is 17.5 Å². The molecule has 0 atom stereocenters. The number of carbonyl (C=O) groups is 1. The van der Waals surface area contributed by atoms with Gasteiger partial charge in [0.2, 0.25) is 0 Å². The van der Waals surface area contributed by atoms with Crippen molar-refractivity contribution in [3.05, 3.63) is 58.1 Å². The van der Waals surface area contributed by atoms with Crippen molar-refractivity contribution < 1.29 is 14.6 Å². The lowest BCUT2D eigenvalue weighted by atomic mass is 9.98. The largest absolute Gasteiger partial charge is 0.504 e. The molecule has 0 spiro atoms. The van der Waals surface area contributed by atoms with E-state index in [9.17, 15) is 9.90 Å².